The number of allylic oxidation sites excluding steroid dienone is 4. The van der Waals surface area contributed by atoms with Crippen molar-refractivity contribution in [3.63, 3.8) is 0 Å². The molecule has 0 N–H and O–H groups in total. The highest BCUT2D eigenvalue weighted by Gasteiger charge is 2.72. The predicted octanol–water partition coefficient (Wildman–Crippen LogP) is 2.65. The minimum Gasteiger partial charge on any atom is -0.285 e. The summed E-state index contributed by atoms with van der Waals surface area (Å²) >= 11 is 5.64. The zero-order valence-electron chi connectivity index (χ0n) is 19.8. The van der Waals surface area contributed by atoms with Crippen molar-refractivity contribution in [2.75, 3.05) is 14.1 Å². The number of carbonyl (C=O) groups is 4. The first-order chi connectivity index (χ1) is 17.1. The van der Waals surface area contributed by atoms with Crippen LogP contribution in [0.2, 0.25) is 0 Å². The van der Waals surface area contributed by atoms with Crippen molar-refractivity contribution in [2.24, 2.45) is 35.5 Å². The number of hydrogen-bond acceptors (Lipinski definition) is 10. The van der Waals surface area contributed by atoms with Crippen LogP contribution in [-0.4, -0.2) is 68.5 Å². The second-order valence-electron chi connectivity index (χ2n) is 10.1. The van der Waals surface area contributed by atoms with E-state index in [4.69, 9.17) is 0 Å². The highest BCUT2D eigenvalue weighted by atomic mass is 32.2. The van der Waals surface area contributed by atoms with Gasteiger partial charge in [-0.15, -0.1) is 47.0 Å². The minimum absolute atomic E-state index is 0.194. The number of nitriles is 2. The molecule has 6 aliphatic rings. The molecule has 6 rings (SSSR count). The van der Waals surface area contributed by atoms with Gasteiger partial charge >= 0.3 is 0 Å². The molecular formula is C24H22N4O4S4. The summed E-state index contributed by atoms with van der Waals surface area (Å²) in [4.78, 5) is 60.1. The van der Waals surface area contributed by atoms with Gasteiger partial charge in [0.2, 0.25) is 23.6 Å². The first-order valence-electron chi connectivity index (χ1n) is 11.6. The van der Waals surface area contributed by atoms with Gasteiger partial charge in [-0.1, -0.05) is 0 Å². The van der Waals surface area contributed by atoms with Crippen LogP contribution in [0.1, 0.15) is 13.8 Å². The van der Waals surface area contributed by atoms with Gasteiger partial charge in [0.15, 0.2) is 0 Å². The molecule has 2 aliphatic carbocycles. The van der Waals surface area contributed by atoms with Crippen LogP contribution in [0.4, 0.5) is 0 Å². The number of rotatable bonds is 0. The van der Waals surface area contributed by atoms with Gasteiger partial charge in [0, 0.05) is 35.1 Å². The van der Waals surface area contributed by atoms with E-state index in [0.717, 1.165) is 9.81 Å². The zero-order chi connectivity index (χ0) is 25.8. The van der Waals surface area contributed by atoms with E-state index < -0.39 is 46.0 Å². The number of carbonyl (C=O) groups excluding carboxylic acids is 4. The molecule has 0 aromatic rings. The average Bonchev–Trinajstić information content (AvgIpc) is 2.86. The SMILES string of the molecule is CC1=C(C)SC2C(S1)C1C(=O)N(C)C(=O)C3C4SC(C#N)=C(C#N)SC4C4C(=O)N(C)C(=O)C2C4C13. The van der Waals surface area contributed by atoms with Gasteiger partial charge in [0.1, 0.15) is 21.9 Å². The van der Waals surface area contributed by atoms with E-state index in [1.165, 1.54) is 47.4 Å². The number of fused-ring (bicyclic) bond motifs is 6. The summed E-state index contributed by atoms with van der Waals surface area (Å²) in [5, 5.41) is 18.2. The summed E-state index contributed by atoms with van der Waals surface area (Å²) in [6, 6.07) is 4.20. The lowest BCUT2D eigenvalue weighted by Gasteiger charge is -2.64. The third-order valence-corrected chi connectivity index (χ3v) is 15.1. The average molecular weight is 559 g/mol. The van der Waals surface area contributed by atoms with E-state index in [2.05, 4.69) is 12.1 Å². The van der Waals surface area contributed by atoms with Gasteiger partial charge in [-0.2, -0.15) is 10.5 Å². The lowest BCUT2D eigenvalue weighted by Crippen LogP contribution is -2.75. The fourth-order valence-electron chi connectivity index (χ4n) is 7.10. The maximum Gasteiger partial charge on any atom is 0.233 e. The second-order valence-corrected chi connectivity index (χ2v) is 15.2. The number of amides is 4. The number of imide groups is 2. The standard InChI is InChI=1S/C24H22N4O4S4/c1-7-8(2)34-18-14-12-11-13(17(18)33-7)21(29)27(3)23(31)15(11)19-20(16(12)24(32)28(4)22(14)30)36-10(6-26)9(5-25)35-19/h11-20H,1-4H3. The van der Waals surface area contributed by atoms with Crippen molar-refractivity contribution in [2.45, 2.75) is 34.8 Å². The van der Waals surface area contributed by atoms with Gasteiger partial charge in [-0.3, -0.25) is 29.0 Å². The van der Waals surface area contributed by atoms with Gasteiger partial charge in [0.05, 0.1) is 23.7 Å². The first kappa shape index (κ1) is 24.5. The number of nitrogens with zero attached hydrogens (tertiary/aromatic N) is 4. The molecule has 2 saturated carbocycles. The number of thioether (sulfide) groups is 4. The first-order valence-corrected chi connectivity index (χ1v) is 15.2. The Kier molecular flexibility index (Phi) is 5.66. The quantitative estimate of drug-likeness (QED) is 0.410. The Hall–Kier alpha value is -1.86. The number of piperidine rings is 2. The molecule has 4 aliphatic heterocycles. The molecule has 4 amide bonds. The Morgan fingerprint density at radius 2 is 0.861 bits per heavy atom. The Bertz CT molecular complexity index is 1200. The summed E-state index contributed by atoms with van der Waals surface area (Å²) in [7, 11) is 3.04. The lowest BCUT2D eigenvalue weighted by molar-refractivity contribution is -0.181. The Morgan fingerprint density at radius 1 is 0.583 bits per heavy atom. The molecule has 0 radical (unpaired) electrons. The molecule has 0 bridgehead atoms. The molecule has 10 atom stereocenters. The predicted molar refractivity (Wildman–Crippen MR) is 139 cm³/mol. The number of likely N-dealkylation sites (tertiary alicyclic amines) is 2. The molecule has 186 valence electrons. The van der Waals surface area contributed by atoms with Crippen LogP contribution in [-0.2, 0) is 19.2 Å². The smallest absolute Gasteiger partial charge is 0.233 e. The van der Waals surface area contributed by atoms with Crippen molar-refractivity contribution in [3.05, 3.63) is 19.6 Å². The van der Waals surface area contributed by atoms with Crippen molar-refractivity contribution in [1.29, 1.82) is 10.5 Å². The maximum absolute atomic E-state index is 13.7. The van der Waals surface area contributed by atoms with Crippen molar-refractivity contribution >= 4 is 70.7 Å². The largest absolute Gasteiger partial charge is 0.285 e. The van der Waals surface area contributed by atoms with E-state index in [0.29, 0.717) is 0 Å². The van der Waals surface area contributed by atoms with E-state index in [-0.39, 0.29) is 43.9 Å². The van der Waals surface area contributed by atoms with E-state index >= 15 is 0 Å². The van der Waals surface area contributed by atoms with Crippen LogP contribution in [0, 0.1) is 58.2 Å². The van der Waals surface area contributed by atoms with Crippen LogP contribution in [0.25, 0.3) is 0 Å². The Balaban J connectivity index is 1.60. The van der Waals surface area contributed by atoms with Crippen molar-refractivity contribution in [3.8, 4) is 12.1 Å². The lowest BCUT2D eigenvalue weighted by atomic mass is 9.50. The summed E-state index contributed by atoms with van der Waals surface area (Å²) in [6.07, 6.45) is 0. The molecule has 4 heterocycles. The molecule has 4 fully saturated rings. The fraction of sp³-hybridized carbons (Fsp3) is 0.583. The molecule has 8 nitrogen and oxygen atoms in total. The van der Waals surface area contributed by atoms with Crippen LogP contribution >= 0.6 is 47.0 Å². The third kappa shape index (κ3) is 2.99. The summed E-state index contributed by atoms with van der Waals surface area (Å²) in [6.45, 7) is 4.04. The van der Waals surface area contributed by atoms with Crippen LogP contribution in [0.3, 0.4) is 0 Å². The number of hydrogen-bond donors (Lipinski definition) is 0. The molecule has 0 spiro atoms. The normalized spacial score (nSPS) is 43.5. The molecular weight excluding hydrogens is 537 g/mol. The van der Waals surface area contributed by atoms with Crippen LogP contribution in [0.5, 0.6) is 0 Å². The molecule has 36 heavy (non-hydrogen) atoms. The van der Waals surface area contributed by atoms with E-state index in [9.17, 15) is 29.7 Å². The van der Waals surface area contributed by atoms with Gasteiger partial charge in [0.25, 0.3) is 0 Å². The highest BCUT2D eigenvalue weighted by Crippen LogP contribution is 2.67. The summed E-state index contributed by atoms with van der Waals surface area (Å²) in [5.41, 5.74) is 0. The van der Waals surface area contributed by atoms with Gasteiger partial charge in [-0.25, -0.2) is 0 Å². The highest BCUT2D eigenvalue weighted by molar-refractivity contribution is 8.11. The van der Waals surface area contributed by atoms with Gasteiger partial charge in [-0.05, 0) is 35.5 Å². The summed E-state index contributed by atoms with van der Waals surface area (Å²) < 4.78 is 0. The fourth-order valence-corrected chi connectivity index (χ4v) is 13.4. The van der Waals surface area contributed by atoms with Crippen molar-refractivity contribution < 1.29 is 19.2 Å². The van der Waals surface area contributed by atoms with Crippen LogP contribution in [0.15, 0.2) is 19.6 Å². The molecule has 0 aromatic carbocycles. The molecule has 0 aromatic heterocycles. The zero-order valence-corrected chi connectivity index (χ0v) is 23.1. The van der Waals surface area contributed by atoms with Crippen LogP contribution < -0.4 is 0 Å². The maximum atomic E-state index is 13.7. The van der Waals surface area contributed by atoms with Crippen molar-refractivity contribution in [1.82, 2.24) is 9.80 Å². The topological polar surface area (TPSA) is 122 Å². The minimum atomic E-state index is -0.615. The molecule has 2 saturated heterocycles. The van der Waals surface area contributed by atoms with E-state index in [1.807, 2.05) is 13.8 Å². The monoisotopic (exact) mass is 558 g/mol. The second kappa shape index (κ2) is 8.32. The van der Waals surface area contributed by atoms with Gasteiger partial charge < -0.3 is 0 Å². The summed E-state index contributed by atoms with van der Waals surface area (Å²) in [5.74, 6) is -4.27. The molecule has 12 heteroatoms. The molecule has 10 unspecified atom stereocenters. The Morgan fingerprint density at radius 3 is 1.14 bits per heavy atom. The van der Waals surface area contributed by atoms with E-state index in [1.54, 1.807) is 23.5 Å². The Labute approximate surface area is 225 Å². The third-order valence-electron chi connectivity index (χ3n) is 8.67.